The Balaban J connectivity index is 1.76. The summed E-state index contributed by atoms with van der Waals surface area (Å²) < 4.78 is 5.29. The molecule has 1 aromatic heterocycles. The standard InChI is InChI=1S/C17H16ClN3O3/c1-24-14-6-5-12(18)9-13(14)21-10-11(8-16(21)22)17(23)20-15-4-2-3-7-19-15/h2-7,9,11H,8,10H2,1H3,(H,19,20,23)/t11-/m1/s1. The maximum absolute atomic E-state index is 12.4. The van der Waals surface area contributed by atoms with Crippen molar-refractivity contribution in [1.82, 2.24) is 4.98 Å². The lowest BCUT2D eigenvalue weighted by Crippen LogP contribution is -2.28. The Kier molecular flexibility index (Phi) is 4.66. The minimum atomic E-state index is -0.455. The van der Waals surface area contributed by atoms with E-state index in [1.165, 1.54) is 12.0 Å². The van der Waals surface area contributed by atoms with E-state index in [0.717, 1.165) is 0 Å². The summed E-state index contributed by atoms with van der Waals surface area (Å²) in [5.74, 6) is 0.178. The number of pyridine rings is 1. The van der Waals surface area contributed by atoms with Crippen LogP contribution in [0.15, 0.2) is 42.6 Å². The van der Waals surface area contributed by atoms with Gasteiger partial charge in [-0.05, 0) is 30.3 Å². The highest BCUT2D eigenvalue weighted by Gasteiger charge is 2.36. The average molecular weight is 346 g/mol. The fourth-order valence-electron chi connectivity index (χ4n) is 2.66. The third kappa shape index (κ3) is 3.33. The van der Waals surface area contributed by atoms with E-state index in [0.29, 0.717) is 22.3 Å². The van der Waals surface area contributed by atoms with E-state index >= 15 is 0 Å². The molecule has 1 aliphatic heterocycles. The maximum atomic E-state index is 12.4. The number of carbonyl (C=O) groups excluding carboxylic acids is 2. The number of nitrogens with zero attached hydrogens (tertiary/aromatic N) is 2. The van der Waals surface area contributed by atoms with E-state index in [1.807, 2.05) is 0 Å². The number of hydrogen-bond donors (Lipinski definition) is 1. The van der Waals surface area contributed by atoms with Gasteiger partial charge in [0, 0.05) is 24.2 Å². The zero-order valence-corrected chi connectivity index (χ0v) is 13.8. The van der Waals surface area contributed by atoms with Crippen molar-refractivity contribution in [3.05, 3.63) is 47.6 Å². The predicted octanol–water partition coefficient (Wildman–Crippen LogP) is 2.74. The Labute approximate surface area is 144 Å². The summed E-state index contributed by atoms with van der Waals surface area (Å²) in [7, 11) is 1.53. The first-order valence-electron chi connectivity index (χ1n) is 7.44. The van der Waals surface area contributed by atoms with Crippen molar-refractivity contribution in [3.8, 4) is 5.75 Å². The number of benzene rings is 1. The van der Waals surface area contributed by atoms with Gasteiger partial charge >= 0.3 is 0 Å². The molecule has 1 N–H and O–H groups in total. The molecule has 124 valence electrons. The van der Waals surface area contributed by atoms with Gasteiger partial charge in [-0.1, -0.05) is 17.7 Å². The quantitative estimate of drug-likeness (QED) is 0.924. The number of halogens is 1. The minimum absolute atomic E-state index is 0.133. The number of anilines is 2. The van der Waals surface area contributed by atoms with Crippen molar-refractivity contribution in [2.75, 3.05) is 23.9 Å². The third-order valence-electron chi connectivity index (χ3n) is 3.84. The Morgan fingerprint density at radius 2 is 2.21 bits per heavy atom. The van der Waals surface area contributed by atoms with Crippen LogP contribution in [0.25, 0.3) is 0 Å². The Bertz CT molecular complexity index is 767. The molecule has 1 fully saturated rings. The number of aromatic nitrogens is 1. The van der Waals surface area contributed by atoms with Crippen LogP contribution in [0.4, 0.5) is 11.5 Å². The van der Waals surface area contributed by atoms with Gasteiger partial charge in [0.1, 0.15) is 11.6 Å². The average Bonchev–Trinajstić information content (AvgIpc) is 2.97. The second-order valence-electron chi connectivity index (χ2n) is 5.43. The van der Waals surface area contributed by atoms with Crippen LogP contribution in [0.5, 0.6) is 5.75 Å². The van der Waals surface area contributed by atoms with Crippen LogP contribution in [0, 0.1) is 5.92 Å². The number of hydrogen-bond acceptors (Lipinski definition) is 4. The molecular formula is C17H16ClN3O3. The fourth-order valence-corrected chi connectivity index (χ4v) is 2.82. The zero-order valence-electron chi connectivity index (χ0n) is 13.0. The topological polar surface area (TPSA) is 71.5 Å². The normalized spacial score (nSPS) is 17.0. The van der Waals surface area contributed by atoms with Gasteiger partial charge in [-0.3, -0.25) is 9.59 Å². The first-order chi connectivity index (χ1) is 11.6. The molecule has 24 heavy (non-hydrogen) atoms. The SMILES string of the molecule is COc1ccc(Cl)cc1N1C[C@H](C(=O)Nc2ccccn2)CC1=O. The third-order valence-corrected chi connectivity index (χ3v) is 4.08. The van der Waals surface area contributed by atoms with Gasteiger partial charge in [0.2, 0.25) is 11.8 Å². The molecule has 0 radical (unpaired) electrons. The summed E-state index contributed by atoms with van der Waals surface area (Å²) >= 11 is 6.03. The van der Waals surface area contributed by atoms with Crippen LogP contribution < -0.4 is 15.0 Å². The molecular weight excluding hydrogens is 330 g/mol. The number of ether oxygens (including phenoxy) is 1. The number of amides is 2. The van der Waals surface area contributed by atoms with Crippen molar-refractivity contribution in [2.45, 2.75) is 6.42 Å². The number of methoxy groups -OCH3 is 1. The molecule has 2 amide bonds. The monoisotopic (exact) mass is 345 g/mol. The second kappa shape index (κ2) is 6.88. The van der Waals surface area contributed by atoms with E-state index in [9.17, 15) is 9.59 Å². The molecule has 0 saturated carbocycles. The highest BCUT2D eigenvalue weighted by Crippen LogP contribution is 2.35. The first-order valence-corrected chi connectivity index (χ1v) is 7.82. The predicted molar refractivity (Wildman–Crippen MR) is 91.3 cm³/mol. The Morgan fingerprint density at radius 3 is 2.92 bits per heavy atom. The van der Waals surface area contributed by atoms with Crippen LogP contribution in [-0.2, 0) is 9.59 Å². The number of nitrogens with one attached hydrogen (secondary N) is 1. The molecule has 2 heterocycles. The van der Waals surface area contributed by atoms with Crippen molar-refractivity contribution in [2.24, 2.45) is 5.92 Å². The Hall–Kier alpha value is -2.60. The smallest absolute Gasteiger partial charge is 0.230 e. The van der Waals surface area contributed by atoms with Gasteiger partial charge in [0.25, 0.3) is 0 Å². The molecule has 0 unspecified atom stereocenters. The largest absolute Gasteiger partial charge is 0.495 e. The van der Waals surface area contributed by atoms with E-state index in [-0.39, 0.29) is 24.8 Å². The van der Waals surface area contributed by atoms with Gasteiger partial charge in [-0.25, -0.2) is 4.98 Å². The number of carbonyl (C=O) groups is 2. The molecule has 1 saturated heterocycles. The van der Waals surface area contributed by atoms with Crippen LogP contribution in [0.2, 0.25) is 5.02 Å². The van der Waals surface area contributed by atoms with Crippen molar-refractivity contribution >= 4 is 34.9 Å². The van der Waals surface area contributed by atoms with Crippen LogP contribution in [0.3, 0.4) is 0 Å². The summed E-state index contributed by atoms with van der Waals surface area (Å²) in [6.45, 7) is 0.272. The lowest BCUT2D eigenvalue weighted by Gasteiger charge is -2.19. The van der Waals surface area contributed by atoms with E-state index < -0.39 is 5.92 Å². The molecule has 2 aromatic rings. The second-order valence-corrected chi connectivity index (χ2v) is 5.86. The maximum Gasteiger partial charge on any atom is 0.230 e. The summed E-state index contributed by atoms with van der Waals surface area (Å²) in [4.78, 5) is 30.3. The van der Waals surface area contributed by atoms with E-state index in [4.69, 9.17) is 16.3 Å². The fraction of sp³-hybridized carbons (Fsp3) is 0.235. The summed E-state index contributed by atoms with van der Waals surface area (Å²) in [5.41, 5.74) is 0.572. The van der Waals surface area contributed by atoms with E-state index in [1.54, 1.807) is 42.6 Å². The van der Waals surface area contributed by atoms with Crippen LogP contribution in [0.1, 0.15) is 6.42 Å². The van der Waals surface area contributed by atoms with Crippen LogP contribution >= 0.6 is 11.6 Å². The summed E-state index contributed by atoms with van der Waals surface area (Å²) in [6, 6.07) is 10.3. The molecule has 0 bridgehead atoms. The molecule has 1 aliphatic rings. The first kappa shape index (κ1) is 16.3. The van der Waals surface area contributed by atoms with Crippen LogP contribution in [-0.4, -0.2) is 30.5 Å². The molecule has 1 atom stereocenters. The van der Waals surface area contributed by atoms with Gasteiger partial charge in [0.15, 0.2) is 0 Å². The lowest BCUT2D eigenvalue weighted by atomic mass is 10.1. The zero-order chi connectivity index (χ0) is 17.1. The van der Waals surface area contributed by atoms with Gasteiger partial charge in [-0.15, -0.1) is 0 Å². The number of rotatable bonds is 4. The van der Waals surface area contributed by atoms with Gasteiger partial charge in [-0.2, -0.15) is 0 Å². The molecule has 1 aromatic carbocycles. The molecule has 0 aliphatic carbocycles. The van der Waals surface area contributed by atoms with Gasteiger partial charge < -0.3 is 15.0 Å². The minimum Gasteiger partial charge on any atom is -0.495 e. The summed E-state index contributed by atoms with van der Waals surface area (Å²) in [5, 5.41) is 3.23. The van der Waals surface area contributed by atoms with Crippen molar-refractivity contribution < 1.29 is 14.3 Å². The van der Waals surface area contributed by atoms with Gasteiger partial charge in [0.05, 0.1) is 18.7 Å². The Morgan fingerprint density at radius 1 is 1.38 bits per heavy atom. The molecule has 0 spiro atoms. The molecule has 3 rings (SSSR count). The van der Waals surface area contributed by atoms with Crippen molar-refractivity contribution in [3.63, 3.8) is 0 Å². The van der Waals surface area contributed by atoms with Crippen molar-refractivity contribution in [1.29, 1.82) is 0 Å². The van der Waals surface area contributed by atoms with E-state index in [2.05, 4.69) is 10.3 Å². The molecule has 7 heteroatoms. The molecule has 6 nitrogen and oxygen atoms in total. The highest BCUT2D eigenvalue weighted by atomic mass is 35.5. The highest BCUT2D eigenvalue weighted by molar-refractivity contribution is 6.31. The lowest BCUT2D eigenvalue weighted by molar-refractivity contribution is -0.122. The summed E-state index contributed by atoms with van der Waals surface area (Å²) in [6.07, 6.45) is 1.73.